The number of ether oxygens (including phenoxy) is 3. The first-order valence-electron chi connectivity index (χ1n) is 6.20. The molecule has 96 valence electrons. The zero-order chi connectivity index (χ0) is 12.4. The smallest absolute Gasteiger partial charge is 0.163 e. The van der Waals surface area contributed by atoms with Crippen molar-refractivity contribution in [3.8, 4) is 0 Å². The van der Waals surface area contributed by atoms with Crippen LogP contribution in [0.4, 0.5) is 0 Å². The maximum absolute atomic E-state index is 5.90. The number of hydrogen-bond donors (Lipinski definition) is 0. The van der Waals surface area contributed by atoms with E-state index in [0.717, 1.165) is 12.8 Å². The first-order valence-corrected chi connectivity index (χ1v) is 6.20. The second kappa shape index (κ2) is 5.03. The molecular weight excluding hydrogens is 204 g/mol. The highest BCUT2D eigenvalue weighted by atomic mass is 16.7. The van der Waals surface area contributed by atoms with Crippen LogP contribution in [0.5, 0.6) is 0 Å². The van der Waals surface area contributed by atoms with Crippen molar-refractivity contribution in [3.63, 3.8) is 0 Å². The van der Waals surface area contributed by atoms with Crippen molar-refractivity contribution in [2.45, 2.75) is 65.0 Å². The zero-order valence-electron chi connectivity index (χ0n) is 11.5. The summed E-state index contributed by atoms with van der Waals surface area (Å²) in [6.07, 6.45) is 2.20. The van der Waals surface area contributed by atoms with Gasteiger partial charge in [-0.05, 0) is 33.1 Å². The Kier molecular flexibility index (Phi) is 4.38. The largest absolute Gasteiger partial charge is 0.376 e. The average Bonchev–Trinajstić information content (AvgIpc) is 2.59. The Balaban J connectivity index is 2.66. The molecule has 0 spiro atoms. The lowest BCUT2D eigenvalue weighted by molar-refractivity contribution is -0.176. The molecule has 0 amide bonds. The van der Waals surface area contributed by atoms with E-state index >= 15 is 0 Å². The van der Waals surface area contributed by atoms with Gasteiger partial charge in [0.2, 0.25) is 0 Å². The Morgan fingerprint density at radius 3 is 2.50 bits per heavy atom. The summed E-state index contributed by atoms with van der Waals surface area (Å²) in [4.78, 5) is 0. The van der Waals surface area contributed by atoms with E-state index < -0.39 is 5.79 Å². The third-order valence-electron chi connectivity index (χ3n) is 3.61. The molecule has 0 aromatic rings. The van der Waals surface area contributed by atoms with E-state index in [4.69, 9.17) is 14.2 Å². The summed E-state index contributed by atoms with van der Waals surface area (Å²) in [6, 6.07) is 0. The molecule has 16 heavy (non-hydrogen) atoms. The second-order valence-corrected chi connectivity index (χ2v) is 5.55. The summed E-state index contributed by atoms with van der Waals surface area (Å²) < 4.78 is 17.2. The van der Waals surface area contributed by atoms with Gasteiger partial charge in [-0.2, -0.15) is 0 Å². The van der Waals surface area contributed by atoms with E-state index in [1.54, 1.807) is 7.11 Å². The topological polar surface area (TPSA) is 27.7 Å². The molecule has 0 N–H and O–H groups in total. The van der Waals surface area contributed by atoms with Crippen LogP contribution in [0.15, 0.2) is 0 Å². The van der Waals surface area contributed by atoms with E-state index in [1.165, 1.54) is 0 Å². The Morgan fingerprint density at radius 1 is 1.50 bits per heavy atom. The van der Waals surface area contributed by atoms with Gasteiger partial charge in [0.25, 0.3) is 0 Å². The molecule has 0 bridgehead atoms. The molecule has 0 radical (unpaired) electrons. The SMILES string of the molecule is CC[C@H](C)C[C@](C)(OC)[C@H]1COC(C)(C)O1. The molecule has 0 unspecified atom stereocenters. The van der Waals surface area contributed by atoms with Crippen LogP contribution in [0.25, 0.3) is 0 Å². The van der Waals surface area contributed by atoms with Gasteiger partial charge in [-0.1, -0.05) is 20.3 Å². The van der Waals surface area contributed by atoms with Gasteiger partial charge in [-0.15, -0.1) is 0 Å². The first kappa shape index (κ1) is 13.9. The van der Waals surface area contributed by atoms with Crippen LogP contribution < -0.4 is 0 Å². The predicted octanol–water partition coefficient (Wildman–Crippen LogP) is 2.98. The molecule has 1 rings (SSSR count). The van der Waals surface area contributed by atoms with Gasteiger partial charge in [-0.25, -0.2) is 0 Å². The van der Waals surface area contributed by atoms with Crippen molar-refractivity contribution in [2.24, 2.45) is 5.92 Å². The molecule has 1 aliphatic rings. The van der Waals surface area contributed by atoms with Crippen LogP contribution in [0.1, 0.15) is 47.5 Å². The van der Waals surface area contributed by atoms with E-state index in [1.807, 2.05) is 13.8 Å². The van der Waals surface area contributed by atoms with Crippen LogP contribution in [0.2, 0.25) is 0 Å². The number of hydrogen-bond acceptors (Lipinski definition) is 3. The van der Waals surface area contributed by atoms with Crippen LogP contribution in [-0.2, 0) is 14.2 Å². The quantitative estimate of drug-likeness (QED) is 0.726. The minimum atomic E-state index is -0.472. The first-order chi connectivity index (χ1) is 7.33. The van der Waals surface area contributed by atoms with Crippen molar-refractivity contribution < 1.29 is 14.2 Å². The minimum absolute atomic E-state index is 0.0292. The molecular formula is C13H26O3. The van der Waals surface area contributed by atoms with Crippen molar-refractivity contribution >= 4 is 0 Å². The van der Waals surface area contributed by atoms with Crippen molar-refractivity contribution in [2.75, 3.05) is 13.7 Å². The van der Waals surface area contributed by atoms with Gasteiger partial charge >= 0.3 is 0 Å². The van der Waals surface area contributed by atoms with Crippen LogP contribution in [0.3, 0.4) is 0 Å². The highest BCUT2D eigenvalue weighted by Crippen LogP contribution is 2.35. The van der Waals surface area contributed by atoms with Gasteiger partial charge in [0, 0.05) is 7.11 Å². The highest BCUT2D eigenvalue weighted by molar-refractivity contribution is 4.90. The standard InChI is InChI=1S/C13H26O3/c1-7-10(2)8-13(5,14-6)11-9-15-12(3,4)16-11/h10-11H,7-9H2,1-6H3/t10-,11+,13-/m0/s1. The van der Waals surface area contributed by atoms with Gasteiger partial charge in [0.05, 0.1) is 12.2 Å². The summed E-state index contributed by atoms with van der Waals surface area (Å²) in [5, 5.41) is 0. The maximum atomic E-state index is 5.90. The molecule has 3 nitrogen and oxygen atoms in total. The molecule has 0 aliphatic carbocycles. The molecule has 1 aliphatic heterocycles. The summed E-state index contributed by atoms with van der Waals surface area (Å²) in [5.74, 6) is 0.164. The van der Waals surface area contributed by atoms with Gasteiger partial charge in [0.1, 0.15) is 6.10 Å². The van der Waals surface area contributed by atoms with E-state index in [-0.39, 0.29) is 11.7 Å². The zero-order valence-corrected chi connectivity index (χ0v) is 11.5. The van der Waals surface area contributed by atoms with Crippen LogP contribution in [0, 0.1) is 5.92 Å². The van der Waals surface area contributed by atoms with Crippen LogP contribution >= 0.6 is 0 Å². The highest BCUT2D eigenvalue weighted by Gasteiger charge is 2.44. The lowest BCUT2D eigenvalue weighted by Crippen LogP contribution is -2.45. The van der Waals surface area contributed by atoms with E-state index in [0.29, 0.717) is 12.5 Å². The summed E-state index contributed by atoms with van der Waals surface area (Å²) >= 11 is 0. The second-order valence-electron chi connectivity index (χ2n) is 5.55. The monoisotopic (exact) mass is 230 g/mol. The molecule has 0 saturated carbocycles. The molecule has 1 saturated heterocycles. The Hall–Kier alpha value is -0.120. The lowest BCUT2D eigenvalue weighted by atomic mass is 9.87. The summed E-state index contributed by atoms with van der Waals surface area (Å²) in [7, 11) is 1.76. The molecule has 1 heterocycles. The molecule has 0 aromatic heterocycles. The Labute approximate surface area is 99.5 Å². The fourth-order valence-corrected chi connectivity index (χ4v) is 2.17. The fourth-order valence-electron chi connectivity index (χ4n) is 2.17. The van der Waals surface area contributed by atoms with Gasteiger partial charge in [-0.3, -0.25) is 0 Å². The normalized spacial score (nSPS) is 30.0. The average molecular weight is 230 g/mol. The molecule has 3 atom stereocenters. The van der Waals surface area contributed by atoms with Crippen molar-refractivity contribution in [3.05, 3.63) is 0 Å². The number of rotatable bonds is 5. The number of methoxy groups -OCH3 is 1. The molecule has 0 aromatic carbocycles. The van der Waals surface area contributed by atoms with Crippen LogP contribution in [-0.4, -0.2) is 31.2 Å². The van der Waals surface area contributed by atoms with Crippen molar-refractivity contribution in [1.82, 2.24) is 0 Å². The molecule has 3 heteroatoms. The van der Waals surface area contributed by atoms with E-state index in [9.17, 15) is 0 Å². The lowest BCUT2D eigenvalue weighted by Gasteiger charge is -2.35. The Morgan fingerprint density at radius 2 is 2.12 bits per heavy atom. The fraction of sp³-hybridized carbons (Fsp3) is 1.00. The summed E-state index contributed by atoms with van der Waals surface area (Å²) in [5.41, 5.74) is -0.247. The third-order valence-corrected chi connectivity index (χ3v) is 3.61. The Bertz CT molecular complexity index is 227. The summed E-state index contributed by atoms with van der Waals surface area (Å²) in [6.45, 7) is 11.1. The predicted molar refractivity (Wildman–Crippen MR) is 64.4 cm³/mol. The van der Waals surface area contributed by atoms with E-state index in [2.05, 4.69) is 20.8 Å². The van der Waals surface area contributed by atoms with Gasteiger partial charge < -0.3 is 14.2 Å². The third kappa shape index (κ3) is 3.19. The van der Waals surface area contributed by atoms with Gasteiger partial charge in [0.15, 0.2) is 5.79 Å². The molecule has 1 fully saturated rings. The minimum Gasteiger partial charge on any atom is -0.376 e. The van der Waals surface area contributed by atoms with Crippen molar-refractivity contribution in [1.29, 1.82) is 0 Å². The maximum Gasteiger partial charge on any atom is 0.163 e.